The summed E-state index contributed by atoms with van der Waals surface area (Å²) in [7, 11) is -3.17. The summed E-state index contributed by atoms with van der Waals surface area (Å²) in [5.41, 5.74) is 1.45. The fraction of sp³-hybridized carbons (Fsp3) is 0.600. The number of aromatic nitrogens is 2. The lowest BCUT2D eigenvalue weighted by Crippen LogP contribution is -2.26. The van der Waals surface area contributed by atoms with Crippen LogP contribution in [0.5, 0.6) is 0 Å². The summed E-state index contributed by atoms with van der Waals surface area (Å²) in [5, 5.41) is 7.74. The maximum absolute atomic E-state index is 11.5. The zero-order chi connectivity index (χ0) is 12.0. The lowest BCUT2D eigenvalue weighted by molar-refractivity contribution is 0.576. The maximum Gasteiger partial charge on any atom is 0.211 e. The van der Waals surface area contributed by atoms with Gasteiger partial charge in [-0.3, -0.25) is 0 Å². The standard InChI is InChI=1S/C10H17N3O2S/c1-3-4-7-16(14,15)11-8-10-6-5-9(2)12-13-10/h5-6,11H,3-4,7-8H2,1-2H3. The molecule has 0 spiro atoms. The van der Waals surface area contributed by atoms with E-state index in [1.165, 1.54) is 0 Å². The molecule has 0 saturated heterocycles. The average Bonchev–Trinajstić information content (AvgIpc) is 2.26. The van der Waals surface area contributed by atoms with Crippen LogP contribution in [-0.4, -0.2) is 24.4 Å². The number of hydrogen-bond acceptors (Lipinski definition) is 4. The molecular formula is C10H17N3O2S. The number of sulfonamides is 1. The Balaban J connectivity index is 2.48. The van der Waals surface area contributed by atoms with Gasteiger partial charge in [0.1, 0.15) is 0 Å². The summed E-state index contributed by atoms with van der Waals surface area (Å²) in [6.07, 6.45) is 1.54. The zero-order valence-corrected chi connectivity index (χ0v) is 10.4. The molecule has 1 N–H and O–H groups in total. The topological polar surface area (TPSA) is 72.0 Å². The van der Waals surface area contributed by atoms with E-state index < -0.39 is 10.0 Å². The predicted octanol–water partition coefficient (Wildman–Crippen LogP) is 1.00. The van der Waals surface area contributed by atoms with Gasteiger partial charge in [0.25, 0.3) is 0 Å². The molecule has 6 heteroatoms. The number of nitrogens with one attached hydrogen (secondary N) is 1. The van der Waals surface area contributed by atoms with E-state index in [0.29, 0.717) is 12.1 Å². The second kappa shape index (κ2) is 5.91. The van der Waals surface area contributed by atoms with Gasteiger partial charge in [-0.05, 0) is 25.5 Å². The van der Waals surface area contributed by atoms with Crippen molar-refractivity contribution in [3.05, 3.63) is 23.5 Å². The van der Waals surface area contributed by atoms with Crippen LogP contribution in [0.1, 0.15) is 31.2 Å². The minimum Gasteiger partial charge on any atom is -0.212 e. The Morgan fingerprint density at radius 2 is 2.06 bits per heavy atom. The van der Waals surface area contributed by atoms with Crippen molar-refractivity contribution >= 4 is 10.0 Å². The van der Waals surface area contributed by atoms with Crippen LogP contribution >= 0.6 is 0 Å². The first kappa shape index (κ1) is 13.1. The summed E-state index contributed by atoms with van der Waals surface area (Å²) >= 11 is 0. The summed E-state index contributed by atoms with van der Waals surface area (Å²) in [6.45, 7) is 4.00. The fourth-order valence-electron chi connectivity index (χ4n) is 1.11. The van der Waals surface area contributed by atoms with Crippen molar-refractivity contribution in [2.75, 3.05) is 5.75 Å². The van der Waals surface area contributed by atoms with Crippen LogP contribution in [0, 0.1) is 6.92 Å². The first-order valence-electron chi connectivity index (χ1n) is 5.30. The molecule has 0 unspecified atom stereocenters. The summed E-state index contributed by atoms with van der Waals surface area (Å²) in [6, 6.07) is 3.58. The van der Waals surface area contributed by atoms with Crippen molar-refractivity contribution < 1.29 is 8.42 Å². The van der Waals surface area contributed by atoms with Crippen LogP contribution in [-0.2, 0) is 16.6 Å². The number of rotatable bonds is 6. The molecule has 0 bridgehead atoms. The van der Waals surface area contributed by atoms with Crippen LogP contribution < -0.4 is 4.72 Å². The molecular weight excluding hydrogens is 226 g/mol. The Morgan fingerprint density at radius 3 is 2.62 bits per heavy atom. The lowest BCUT2D eigenvalue weighted by Gasteiger charge is -2.05. The molecule has 0 atom stereocenters. The van der Waals surface area contributed by atoms with Gasteiger partial charge in [-0.1, -0.05) is 13.3 Å². The number of aryl methyl sites for hydroxylation is 1. The molecule has 90 valence electrons. The zero-order valence-electron chi connectivity index (χ0n) is 9.60. The van der Waals surface area contributed by atoms with Crippen molar-refractivity contribution in [3.8, 4) is 0 Å². The number of nitrogens with zero attached hydrogens (tertiary/aromatic N) is 2. The second-order valence-electron chi connectivity index (χ2n) is 3.66. The normalized spacial score (nSPS) is 11.6. The van der Waals surface area contributed by atoms with Gasteiger partial charge in [-0.15, -0.1) is 0 Å². The van der Waals surface area contributed by atoms with Gasteiger partial charge in [-0.2, -0.15) is 10.2 Å². The monoisotopic (exact) mass is 243 g/mol. The van der Waals surface area contributed by atoms with E-state index >= 15 is 0 Å². The van der Waals surface area contributed by atoms with Gasteiger partial charge in [0.2, 0.25) is 10.0 Å². The largest absolute Gasteiger partial charge is 0.212 e. The Kier molecular flexibility index (Phi) is 4.82. The summed E-state index contributed by atoms with van der Waals surface area (Å²) in [4.78, 5) is 0. The minimum atomic E-state index is -3.17. The van der Waals surface area contributed by atoms with Crippen LogP contribution in [0.3, 0.4) is 0 Å². The van der Waals surface area contributed by atoms with E-state index in [1.807, 2.05) is 19.9 Å². The van der Waals surface area contributed by atoms with Crippen molar-refractivity contribution in [3.63, 3.8) is 0 Å². The van der Waals surface area contributed by atoms with E-state index in [2.05, 4.69) is 14.9 Å². The van der Waals surface area contributed by atoms with E-state index in [4.69, 9.17) is 0 Å². The molecule has 16 heavy (non-hydrogen) atoms. The molecule has 5 nitrogen and oxygen atoms in total. The average molecular weight is 243 g/mol. The third-order valence-corrected chi connectivity index (χ3v) is 3.50. The van der Waals surface area contributed by atoms with Gasteiger partial charge >= 0.3 is 0 Å². The van der Waals surface area contributed by atoms with Crippen LogP contribution in [0.2, 0.25) is 0 Å². The summed E-state index contributed by atoms with van der Waals surface area (Å²) in [5.74, 6) is 0.169. The lowest BCUT2D eigenvalue weighted by atomic mass is 10.3. The van der Waals surface area contributed by atoms with Crippen molar-refractivity contribution in [2.24, 2.45) is 0 Å². The van der Waals surface area contributed by atoms with Gasteiger partial charge in [-0.25, -0.2) is 13.1 Å². The molecule has 1 aromatic heterocycles. The fourth-order valence-corrected chi connectivity index (χ4v) is 2.29. The number of hydrogen-bond donors (Lipinski definition) is 1. The first-order chi connectivity index (χ1) is 7.53. The van der Waals surface area contributed by atoms with E-state index in [1.54, 1.807) is 6.07 Å². The Morgan fingerprint density at radius 1 is 1.31 bits per heavy atom. The van der Waals surface area contributed by atoms with Crippen molar-refractivity contribution in [1.29, 1.82) is 0 Å². The molecule has 0 fully saturated rings. The molecule has 0 radical (unpaired) electrons. The van der Waals surface area contributed by atoms with Gasteiger partial charge < -0.3 is 0 Å². The Labute approximate surface area is 96.3 Å². The third kappa shape index (κ3) is 4.67. The van der Waals surface area contributed by atoms with Gasteiger partial charge in [0.05, 0.1) is 23.7 Å². The molecule has 0 aromatic carbocycles. The highest BCUT2D eigenvalue weighted by Gasteiger charge is 2.09. The van der Waals surface area contributed by atoms with Crippen LogP contribution in [0.25, 0.3) is 0 Å². The van der Waals surface area contributed by atoms with Crippen molar-refractivity contribution in [2.45, 2.75) is 33.2 Å². The highest BCUT2D eigenvalue weighted by molar-refractivity contribution is 7.89. The Hall–Kier alpha value is -1.01. The van der Waals surface area contributed by atoms with E-state index in [0.717, 1.165) is 12.1 Å². The maximum atomic E-state index is 11.5. The molecule has 0 aliphatic carbocycles. The molecule has 0 saturated carbocycles. The molecule has 1 rings (SSSR count). The van der Waals surface area contributed by atoms with Crippen molar-refractivity contribution in [1.82, 2.24) is 14.9 Å². The Bertz CT molecular complexity index is 414. The number of unbranched alkanes of at least 4 members (excludes halogenated alkanes) is 1. The van der Waals surface area contributed by atoms with Crippen LogP contribution in [0.15, 0.2) is 12.1 Å². The molecule has 0 aliphatic rings. The highest BCUT2D eigenvalue weighted by Crippen LogP contribution is 1.98. The smallest absolute Gasteiger partial charge is 0.211 e. The second-order valence-corrected chi connectivity index (χ2v) is 5.59. The van der Waals surface area contributed by atoms with Crippen LogP contribution in [0.4, 0.5) is 0 Å². The highest BCUT2D eigenvalue weighted by atomic mass is 32.2. The summed E-state index contributed by atoms with van der Waals surface area (Å²) < 4.78 is 25.4. The SMILES string of the molecule is CCCCS(=O)(=O)NCc1ccc(C)nn1. The van der Waals surface area contributed by atoms with Gasteiger partial charge in [0, 0.05) is 0 Å². The van der Waals surface area contributed by atoms with Gasteiger partial charge in [0.15, 0.2) is 0 Å². The minimum absolute atomic E-state index is 0.169. The molecule has 1 aromatic rings. The molecule has 0 aliphatic heterocycles. The molecule has 1 heterocycles. The molecule has 0 amide bonds. The predicted molar refractivity (Wildman–Crippen MR) is 62.3 cm³/mol. The van der Waals surface area contributed by atoms with E-state index in [-0.39, 0.29) is 12.3 Å². The van der Waals surface area contributed by atoms with E-state index in [9.17, 15) is 8.42 Å². The first-order valence-corrected chi connectivity index (χ1v) is 6.95. The third-order valence-electron chi connectivity index (χ3n) is 2.09. The quantitative estimate of drug-likeness (QED) is 0.809.